The summed E-state index contributed by atoms with van der Waals surface area (Å²) in [6, 6.07) is 15.6. The second kappa shape index (κ2) is 15.2. The second-order valence-electron chi connectivity index (χ2n) is 13.5. The van der Waals surface area contributed by atoms with E-state index in [9.17, 15) is 28.8 Å². The van der Waals surface area contributed by atoms with E-state index in [1.807, 2.05) is 6.92 Å². The standard InChI is InChI=1S/C37H40ClN5O8/c1-22-10-12-26(17-29(22)38)40-35(48)39-18-23-11-13-27-25(16-23)20-42(32(27)45)30-14-15-31(44)43(33(30)46)21-50-34(47)28-9-7-6-8-24(28)19-41(5)36(49)51-37(2,3)4/h6-13,16-17,30H,14-15,18-21H2,1-5H3,(H2,39,40,48). The van der Waals surface area contributed by atoms with Crippen molar-refractivity contribution in [2.45, 2.75) is 71.8 Å². The molecular formula is C37H40ClN5O8. The monoisotopic (exact) mass is 717 g/mol. The first kappa shape index (κ1) is 36.8. The summed E-state index contributed by atoms with van der Waals surface area (Å²) >= 11 is 6.14. The van der Waals surface area contributed by atoms with Gasteiger partial charge in [-0.05, 0) is 80.6 Å². The molecule has 0 radical (unpaired) electrons. The third kappa shape index (κ3) is 8.84. The Hall–Kier alpha value is -5.43. The van der Waals surface area contributed by atoms with E-state index in [2.05, 4.69) is 10.6 Å². The first-order chi connectivity index (χ1) is 24.1. The molecule has 0 saturated carbocycles. The van der Waals surface area contributed by atoms with E-state index in [-0.39, 0.29) is 43.9 Å². The fourth-order valence-corrected chi connectivity index (χ4v) is 5.93. The van der Waals surface area contributed by atoms with Crippen LogP contribution in [0.3, 0.4) is 0 Å². The number of nitrogens with one attached hydrogen (secondary N) is 2. The first-order valence-electron chi connectivity index (χ1n) is 16.4. The van der Waals surface area contributed by atoms with Crippen LogP contribution in [0.4, 0.5) is 15.3 Å². The molecule has 0 bridgehead atoms. The third-order valence-electron chi connectivity index (χ3n) is 8.42. The molecule has 14 heteroatoms. The van der Waals surface area contributed by atoms with Gasteiger partial charge in [-0.3, -0.25) is 14.4 Å². The SMILES string of the molecule is Cc1ccc(NC(=O)NCc2ccc3c(c2)CN(C2CCC(=O)N(COC(=O)c4ccccc4CN(C)C(=O)OC(C)(C)C)C2=O)C3=O)cc1Cl. The molecule has 5 rings (SSSR count). The van der Waals surface area contributed by atoms with Crippen LogP contribution >= 0.6 is 11.6 Å². The van der Waals surface area contributed by atoms with E-state index < -0.39 is 48.3 Å². The van der Waals surface area contributed by atoms with Gasteiger partial charge in [0.1, 0.15) is 11.6 Å². The summed E-state index contributed by atoms with van der Waals surface area (Å²) in [5, 5.41) is 6.05. The number of fused-ring (bicyclic) bond motifs is 1. The number of aryl methyl sites for hydroxylation is 1. The topological polar surface area (TPSA) is 155 Å². The van der Waals surface area contributed by atoms with Crippen LogP contribution in [0.2, 0.25) is 5.02 Å². The number of anilines is 1. The van der Waals surface area contributed by atoms with Crippen molar-refractivity contribution in [3.05, 3.63) is 99.1 Å². The lowest BCUT2D eigenvalue weighted by molar-refractivity contribution is -0.156. The van der Waals surface area contributed by atoms with E-state index in [0.717, 1.165) is 16.0 Å². The number of nitrogens with zero attached hydrogens (tertiary/aromatic N) is 3. The molecule has 2 N–H and O–H groups in total. The highest BCUT2D eigenvalue weighted by atomic mass is 35.5. The van der Waals surface area contributed by atoms with Crippen molar-refractivity contribution in [2.24, 2.45) is 0 Å². The van der Waals surface area contributed by atoms with Crippen LogP contribution < -0.4 is 10.6 Å². The number of rotatable bonds is 9. The molecule has 2 aliphatic rings. The highest BCUT2D eigenvalue weighted by molar-refractivity contribution is 6.31. The van der Waals surface area contributed by atoms with Gasteiger partial charge in [-0.25, -0.2) is 19.3 Å². The lowest BCUT2D eigenvalue weighted by Gasteiger charge is -2.35. The van der Waals surface area contributed by atoms with Crippen molar-refractivity contribution in [2.75, 3.05) is 19.1 Å². The van der Waals surface area contributed by atoms with Crippen molar-refractivity contribution in [1.29, 1.82) is 0 Å². The number of hydrogen-bond donors (Lipinski definition) is 2. The number of piperidine rings is 1. The molecule has 3 aromatic rings. The molecule has 1 fully saturated rings. The molecule has 51 heavy (non-hydrogen) atoms. The Morgan fingerprint density at radius 1 is 1.02 bits per heavy atom. The number of hydrogen-bond acceptors (Lipinski definition) is 8. The van der Waals surface area contributed by atoms with Gasteiger partial charge in [0.2, 0.25) is 5.91 Å². The van der Waals surface area contributed by atoms with Crippen LogP contribution in [0.15, 0.2) is 60.7 Å². The zero-order valence-corrected chi connectivity index (χ0v) is 29.8. The molecule has 6 amide bonds. The number of imide groups is 1. The predicted molar refractivity (Wildman–Crippen MR) is 188 cm³/mol. The molecule has 0 aliphatic carbocycles. The molecule has 2 aliphatic heterocycles. The van der Waals surface area contributed by atoms with E-state index >= 15 is 0 Å². The van der Waals surface area contributed by atoms with Gasteiger partial charge in [0.15, 0.2) is 6.73 Å². The number of urea groups is 1. The normalized spacial score (nSPS) is 15.7. The van der Waals surface area contributed by atoms with E-state index in [1.54, 1.807) is 82.4 Å². The maximum Gasteiger partial charge on any atom is 0.410 e. The fourth-order valence-electron chi connectivity index (χ4n) is 5.75. The van der Waals surface area contributed by atoms with Crippen LogP contribution in [0.25, 0.3) is 0 Å². The molecule has 268 valence electrons. The van der Waals surface area contributed by atoms with E-state index in [1.165, 1.54) is 15.9 Å². The summed E-state index contributed by atoms with van der Waals surface area (Å²) in [6.07, 6.45) is -0.471. The van der Waals surface area contributed by atoms with Gasteiger partial charge in [0.25, 0.3) is 11.8 Å². The first-order valence-corrected chi connectivity index (χ1v) is 16.8. The fraction of sp³-hybridized carbons (Fsp3) is 0.351. The van der Waals surface area contributed by atoms with Gasteiger partial charge < -0.3 is 29.9 Å². The summed E-state index contributed by atoms with van der Waals surface area (Å²) in [5.74, 6) is -2.31. The minimum absolute atomic E-state index is 0.0260. The number of benzene rings is 3. The summed E-state index contributed by atoms with van der Waals surface area (Å²) in [5.41, 5.74) is 3.24. The van der Waals surface area contributed by atoms with Gasteiger partial charge in [0.05, 0.1) is 5.56 Å². The maximum atomic E-state index is 13.6. The van der Waals surface area contributed by atoms with Crippen LogP contribution in [-0.4, -0.2) is 75.9 Å². The van der Waals surface area contributed by atoms with Crippen molar-refractivity contribution in [1.82, 2.24) is 20.0 Å². The average molecular weight is 718 g/mol. The Balaban J connectivity index is 1.18. The third-order valence-corrected chi connectivity index (χ3v) is 8.83. The Labute approximate surface area is 300 Å². The van der Waals surface area contributed by atoms with Crippen molar-refractivity contribution in [3.8, 4) is 0 Å². The van der Waals surface area contributed by atoms with Crippen LogP contribution in [-0.2, 0) is 38.7 Å². The predicted octanol–water partition coefficient (Wildman–Crippen LogP) is 5.62. The Kier molecular flexibility index (Phi) is 11.0. The zero-order chi connectivity index (χ0) is 37.0. The highest BCUT2D eigenvalue weighted by Crippen LogP contribution is 2.30. The van der Waals surface area contributed by atoms with Gasteiger partial charge >= 0.3 is 18.1 Å². The van der Waals surface area contributed by atoms with Crippen LogP contribution in [0.1, 0.15) is 76.6 Å². The Bertz CT molecular complexity index is 1890. The summed E-state index contributed by atoms with van der Waals surface area (Å²) in [7, 11) is 1.54. The Morgan fingerprint density at radius 3 is 2.49 bits per heavy atom. The molecule has 13 nitrogen and oxygen atoms in total. The van der Waals surface area contributed by atoms with Gasteiger partial charge in [-0.2, -0.15) is 0 Å². The summed E-state index contributed by atoms with van der Waals surface area (Å²) < 4.78 is 10.8. The summed E-state index contributed by atoms with van der Waals surface area (Å²) in [4.78, 5) is 81.6. The van der Waals surface area contributed by atoms with Gasteiger partial charge in [-0.15, -0.1) is 0 Å². The smallest absolute Gasteiger partial charge is 0.410 e. The average Bonchev–Trinajstić information content (AvgIpc) is 3.39. The zero-order valence-electron chi connectivity index (χ0n) is 29.1. The molecule has 0 spiro atoms. The van der Waals surface area contributed by atoms with Gasteiger partial charge in [0, 0.05) is 49.4 Å². The van der Waals surface area contributed by atoms with Crippen molar-refractivity contribution < 1.29 is 38.2 Å². The molecule has 2 heterocycles. The molecular weight excluding hydrogens is 678 g/mol. The number of esters is 1. The number of carbonyl (C=O) groups excluding carboxylic acids is 6. The second-order valence-corrected chi connectivity index (χ2v) is 13.9. The molecule has 1 unspecified atom stereocenters. The molecule has 0 aromatic heterocycles. The lowest BCUT2D eigenvalue weighted by atomic mass is 10.0. The number of halogens is 1. The van der Waals surface area contributed by atoms with Crippen LogP contribution in [0.5, 0.6) is 0 Å². The lowest BCUT2D eigenvalue weighted by Crippen LogP contribution is -2.55. The number of ether oxygens (including phenoxy) is 2. The number of amides is 6. The highest BCUT2D eigenvalue weighted by Gasteiger charge is 2.43. The van der Waals surface area contributed by atoms with E-state index in [4.69, 9.17) is 21.1 Å². The van der Waals surface area contributed by atoms with Crippen LogP contribution in [0, 0.1) is 6.92 Å². The minimum Gasteiger partial charge on any atom is -0.444 e. The number of likely N-dealkylation sites (tertiary alicyclic amines) is 1. The largest absolute Gasteiger partial charge is 0.444 e. The summed E-state index contributed by atoms with van der Waals surface area (Å²) in [6.45, 7) is 6.85. The van der Waals surface area contributed by atoms with Gasteiger partial charge in [-0.1, -0.05) is 48.0 Å². The van der Waals surface area contributed by atoms with Crippen molar-refractivity contribution >= 4 is 53.1 Å². The van der Waals surface area contributed by atoms with E-state index in [0.29, 0.717) is 27.4 Å². The minimum atomic E-state index is -0.940. The maximum absolute atomic E-state index is 13.6. The molecule has 3 aromatic carbocycles. The number of carbonyl (C=O) groups is 6. The van der Waals surface area contributed by atoms with Crippen molar-refractivity contribution in [3.63, 3.8) is 0 Å². The Morgan fingerprint density at radius 2 is 1.76 bits per heavy atom. The molecule has 1 atom stereocenters. The quantitative estimate of drug-likeness (QED) is 0.213. The molecule has 1 saturated heterocycles.